The Bertz CT molecular complexity index is 1030. The van der Waals surface area contributed by atoms with Gasteiger partial charge in [-0.05, 0) is 30.7 Å². The zero-order chi connectivity index (χ0) is 21.9. The third-order valence-corrected chi connectivity index (χ3v) is 7.31. The Morgan fingerprint density at radius 2 is 1.73 bits per heavy atom. The summed E-state index contributed by atoms with van der Waals surface area (Å²) in [5.74, 6) is -0.668. The molecule has 2 aromatic rings. The number of esters is 1. The number of benzene rings is 2. The molecule has 7 nitrogen and oxygen atoms in total. The van der Waals surface area contributed by atoms with Crippen molar-refractivity contribution in [1.29, 1.82) is 0 Å². The first kappa shape index (κ1) is 22.0. The molecule has 0 saturated carbocycles. The van der Waals surface area contributed by atoms with Gasteiger partial charge >= 0.3 is 5.97 Å². The highest BCUT2D eigenvalue weighted by Gasteiger charge is 2.32. The van der Waals surface area contributed by atoms with Crippen LogP contribution in [0.2, 0.25) is 0 Å². The molecule has 0 saturated heterocycles. The molecular weight excluding hydrogens is 404 g/mol. The van der Waals surface area contributed by atoms with Crippen LogP contribution >= 0.6 is 0 Å². The smallest absolute Gasteiger partial charge is 0.339 e. The van der Waals surface area contributed by atoms with Crippen molar-refractivity contribution in [3.05, 3.63) is 65.2 Å². The molecule has 8 heteroatoms. The molecular formula is C22H26N2O5S. The Morgan fingerprint density at radius 1 is 1.10 bits per heavy atom. The molecule has 0 bridgehead atoms. The normalized spacial score (nSPS) is 16.8. The van der Waals surface area contributed by atoms with E-state index in [0.29, 0.717) is 18.7 Å². The van der Waals surface area contributed by atoms with E-state index in [1.165, 1.54) is 4.31 Å². The summed E-state index contributed by atoms with van der Waals surface area (Å²) in [6.45, 7) is 6.23. The minimum atomic E-state index is -3.52. The molecule has 1 heterocycles. The molecule has 2 aromatic carbocycles. The van der Waals surface area contributed by atoms with Crippen LogP contribution in [-0.4, -0.2) is 37.7 Å². The predicted molar refractivity (Wildman–Crippen MR) is 112 cm³/mol. The topological polar surface area (TPSA) is 92.8 Å². The molecule has 2 atom stereocenters. The summed E-state index contributed by atoms with van der Waals surface area (Å²) in [5, 5.41) is 2.88. The van der Waals surface area contributed by atoms with E-state index in [-0.39, 0.29) is 23.3 Å². The van der Waals surface area contributed by atoms with Gasteiger partial charge in [0.1, 0.15) is 6.10 Å². The average Bonchev–Trinajstić information content (AvgIpc) is 3.04. The van der Waals surface area contributed by atoms with Crippen molar-refractivity contribution in [3.8, 4) is 0 Å². The van der Waals surface area contributed by atoms with Gasteiger partial charge in [-0.3, -0.25) is 4.79 Å². The van der Waals surface area contributed by atoms with Crippen molar-refractivity contribution in [2.24, 2.45) is 0 Å². The fourth-order valence-corrected chi connectivity index (χ4v) is 5.02. The van der Waals surface area contributed by atoms with Crippen LogP contribution in [0, 0.1) is 0 Å². The lowest BCUT2D eigenvalue weighted by Gasteiger charge is -2.20. The fraction of sp³-hybridized carbons (Fsp3) is 0.364. The summed E-state index contributed by atoms with van der Waals surface area (Å²) in [4.78, 5) is 24.6. The lowest BCUT2D eigenvalue weighted by atomic mass is 10.0. The Morgan fingerprint density at radius 3 is 2.37 bits per heavy atom. The number of cyclic esters (lactones) is 1. The summed E-state index contributed by atoms with van der Waals surface area (Å²) in [5.41, 5.74) is 2.00. The number of rotatable bonds is 8. The number of hydrogen-bond acceptors (Lipinski definition) is 5. The number of fused-ring (bicyclic) bond motifs is 1. The van der Waals surface area contributed by atoms with Crippen LogP contribution in [-0.2, 0) is 19.6 Å². The summed E-state index contributed by atoms with van der Waals surface area (Å²) < 4.78 is 31.9. The van der Waals surface area contributed by atoms with E-state index in [1.807, 2.05) is 13.0 Å². The minimum absolute atomic E-state index is 0.0293. The van der Waals surface area contributed by atoms with Crippen molar-refractivity contribution in [3.63, 3.8) is 0 Å². The van der Waals surface area contributed by atoms with E-state index < -0.39 is 22.1 Å². The molecule has 3 rings (SSSR count). The lowest BCUT2D eigenvalue weighted by Crippen LogP contribution is -2.30. The third-order valence-electron chi connectivity index (χ3n) is 5.25. The number of carbonyl (C=O) groups is 2. The maximum absolute atomic E-state index is 12.6. The number of nitrogens with zero attached hydrogens (tertiary/aromatic N) is 1. The van der Waals surface area contributed by atoms with Gasteiger partial charge < -0.3 is 10.1 Å². The molecule has 1 N–H and O–H groups in total. The van der Waals surface area contributed by atoms with Crippen LogP contribution in [0.3, 0.4) is 0 Å². The molecule has 0 radical (unpaired) electrons. The number of sulfonamides is 1. The molecule has 1 aliphatic rings. The molecule has 2 unspecified atom stereocenters. The van der Waals surface area contributed by atoms with Crippen LogP contribution in [0.4, 0.5) is 0 Å². The van der Waals surface area contributed by atoms with Gasteiger partial charge in [0.05, 0.1) is 22.9 Å². The Hall–Kier alpha value is -2.71. The van der Waals surface area contributed by atoms with Gasteiger partial charge in [-0.25, -0.2) is 13.2 Å². The number of carbonyl (C=O) groups excluding carboxylic acids is 2. The van der Waals surface area contributed by atoms with Crippen molar-refractivity contribution < 1.29 is 22.7 Å². The van der Waals surface area contributed by atoms with Crippen molar-refractivity contribution in [1.82, 2.24) is 9.62 Å². The Kier molecular flexibility index (Phi) is 6.58. The fourth-order valence-electron chi connectivity index (χ4n) is 3.56. The first-order valence-electron chi connectivity index (χ1n) is 9.97. The second-order valence-electron chi connectivity index (χ2n) is 7.13. The van der Waals surface area contributed by atoms with Gasteiger partial charge in [0, 0.05) is 18.7 Å². The van der Waals surface area contributed by atoms with Crippen LogP contribution in [0.15, 0.2) is 53.4 Å². The largest absolute Gasteiger partial charge is 0.453 e. The number of amides is 1. The molecule has 0 aliphatic carbocycles. The van der Waals surface area contributed by atoms with Crippen molar-refractivity contribution in [2.75, 3.05) is 13.1 Å². The van der Waals surface area contributed by atoms with E-state index in [4.69, 9.17) is 4.74 Å². The molecule has 30 heavy (non-hydrogen) atoms. The summed E-state index contributed by atoms with van der Waals surface area (Å²) in [6, 6.07) is 13.2. The van der Waals surface area contributed by atoms with Crippen LogP contribution < -0.4 is 5.32 Å². The quantitative estimate of drug-likeness (QED) is 0.649. The van der Waals surface area contributed by atoms with Crippen LogP contribution in [0.5, 0.6) is 0 Å². The highest BCUT2D eigenvalue weighted by Crippen LogP contribution is 2.32. The SMILES string of the molecule is CCN(CC)S(=O)(=O)c1ccc(C(C)NC(=O)CC2OC(=O)c3ccccc32)cc1. The Labute approximate surface area is 177 Å². The van der Waals surface area contributed by atoms with E-state index in [2.05, 4.69) is 5.32 Å². The van der Waals surface area contributed by atoms with Crippen LogP contribution in [0.1, 0.15) is 60.8 Å². The molecule has 0 spiro atoms. The third kappa shape index (κ3) is 4.39. The average molecular weight is 431 g/mol. The van der Waals surface area contributed by atoms with E-state index >= 15 is 0 Å². The zero-order valence-electron chi connectivity index (χ0n) is 17.3. The van der Waals surface area contributed by atoms with Gasteiger partial charge in [0.15, 0.2) is 0 Å². The molecule has 0 aromatic heterocycles. The van der Waals surface area contributed by atoms with Gasteiger partial charge in [0.25, 0.3) is 0 Å². The summed E-state index contributed by atoms with van der Waals surface area (Å²) in [6.07, 6.45) is -0.566. The Balaban J connectivity index is 1.64. The predicted octanol–water partition coefficient (Wildman–Crippen LogP) is 3.20. The zero-order valence-corrected chi connectivity index (χ0v) is 18.1. The number of ether oxygens (including phenoxy) is 1. The highest BCUT2D eigenvalue weighted by atomic mass is 32.2. The maximum atomic E-state index is 12.6. The van der Waals surface area contributed by atoms with Gasteiger partial charge in [-0.2, -0.15) is 4.31 Å². The molecule has 1 amide bonds. The minimum Gasteiger partial charge on any atom is -0.453 e. The highest BCUT2D eigenvalue weighted by molar-refractivity contribution is 7.89. The number of nitrogens with one attached hydrogen (secondary N) is 1. The summed E-state index contributed by atoms with van der Waals surface area (Å²) >= 11 is 0. The van der Waals surface area contributed by atoms with E-state index in [1.54, 1.807) is 56.3 Å². The summed E-state index contributed by atoms with van der Waals surface area (Å²) in [7, 11) is -3.52. The maximum Gasteiger partial charge on any atom is 0.339 e. The van der Waals surface area contributed by atoms with E-state index in [0.717, 1.165) is 11.1 Å². The lowest BCUT2D eigenvalue weighted by molar-refractivity contribution is -0.123. The second kappa shape index (κ2) is 8.97. The van der Waals surface area contributed by atoms with Gasteiger partial charge in [0.2, 0.25) is 15.9 Å². The van der Waals surface area contributed by atoms with Crippen molar-refractivity contribution in [2.45, 2.75) is 44.2 Å². The number of hydrogen-bond donors (Lipinski definition) is 1. The van der Waals surface area contributed by atoms with E-state index in [9.17, 15) is 18.0 Å². The monoisotopic (exact) mass is 430 g/mol. The first-order chi connectivity index (χ1) is 14.3. The first-order valence-corrected chi connectivity index (χ1v) is 11.4. The molecule has 0 fully saturated rings. The van der Waals surface area contributed by atoms with Crippen LogP contribution in [0.25, 0.3) is 0 Å². The van der Waals surface area contributed by atoms with Gasteiger partial charge in [-0.1, -0.05) is 44.2 Å². The van der Waals surface area contributed by atoms with Crippen molar-refractivity contribution >= 4 is 21.9 Å². The second-order valence-corrected chi connectivity index (χ2v) is 9.07. The molecule has 1 aliphatic heterocycles. The van der Waals surface area contributed by atoms with Gasteiger partial charge in [-0.15, -0.1) is 0 Å². The standard InChI is InChI=1S/C22H26N2O5S/c1-4-24(5-2)30(27,28)17-12-10-16(11-13-17)15(3)23-21(25)14-20-18-8-6-7-9-19(18)22(26)29-20/h6-13,15,20H,4-5,14H2,1-3H3,(H,23,25). The molecule has 160 valence electrons.